The van der Waals surface area contributed by atoms with Crippen molar-refractivity contribution < 1.29 is 18.0 Å². The van der Waals surface area contributed by atoms with Gasteiger partial charge in [-0.3, -0.25) is 13.9 Å². The highest BCUT2D eigenvalue weighted by atomic mass is 35.5. The van der Waals surface area contributed by atoms with Gasteiger partial charge in [-0.2, -0.15) is 0 Å². The summed E-state index contributed by atoms with van der Waals surface area (Å²) >= 11 is 19.2. The van der Waals surface area contributed by atoms with Gasteiger partial charge < -0.3 is 10.2 Å². The Hall–Kier alpha value is -3.56. The SMILES string of the molecule is CCCNC(=O)C(Cc1ccccc1)N(Cc1ccc(Cl)cc1Cl)C(=O)CN(c1ccccc1Cl)S(=O)(=O)c1ccccc1. The highest BCUT2D eigenvalue weighted by Crippen LogP contribution is 2.31. The Bertz CT molecular complexity index is 1690. The third kappa shape index (κ3) is 8.33. The molecule has 0 saturated heterocycles. The zero-order chi connectivity index (χ0) is 31.7. The molecule has 0 aliphatic heterocycles. The Morgan fingerprint density at radius 2 is 1.45 bits per heavy atom. The number of amides is 2. The lowest BCUT2D eigenvalue weighted by Crippen LogP contribution is -2.53. The van der Waals surface area contributed by atoms with Crippen molar-refractivity contribution in [2.75, 3.05) is 17.4 Å². The molecular weight excluding hydrogens is 641 g/mol. The Balaban J connectivity index is 1.82. The molecule has 230 valence electrons. The molecule has 0 aromatic heterocycles. The fourth-order valence-electron chi connectivity index (χ4n) is 4.64. The number of benzene rings is 4. The van der Waals surface area contributed by atoms with Crippen molar-refractivity contribution in [2.45, 2.75) is 37.2 Å². The number of rotatable bonds is 13. The first-order valence-corrected chi connectivity index (χ1v) is 16.6. The van der Waals surface area contributed by atoms with Gasteiger partial charge in [-0.05, 0) is 53.9 Å². The summed E-state index contributed by atoms with van der Waals surface area (Å²) in [5.74, 6) is -0.993. The monoisotopic (exact) mass is 671 g/mol. The van der Waals surface area contributed by atoms with E-state index < -0.39 is 28.5 Å². The summed E-state index contributed by atoms with van der Waals surface area (Å²) in [6.07, 6.45) is 0.876. The van der Waals surface area contributed by atoms with Crippen molar-refractivity contribution in [3.05, 3.63) is 129 Å². The molecule has 2 amide bonds. The van der Waals surface area contributed by atoms with E-state index in [1.807, 2.05) is 37.3 Å². The molecule has 0 saturated carbocycles. The standard InChI is InChI=1S/C33H32Cl3N3O4S/c1-2-19-37-33(41)31(20-24-11-5-3-6-12-24)38(22-25-17-18-26(34)21-29(25)36)32(40)23-39(30-16-10-9-15-28(30)35)44(42,43)27-13-7-4-8-14-27/h3-18,21,31H,2,19-20,22-23H2,1H3,(H,37,41). The molecule has 4 rings (SSSR count). The Kier molecular flexibility index (Phi) is 11.7. The predicted octanol–water partition coefficient (Wildman–Crippen LogP) is 7.01. The number of nitrogens with zero attached hydrogens (tertiary/aromatic N) is 2. The van der Waals surface area contributed by atoms with Crippen LogP contribution in [-0.4, -0.2) is 44.3 Å². The van der Waals surface area contributed by atoms with Crippen LogP contribution >= 0.6 is 34.8 Å². The van der Waals surface area contributed by atoms with Gasteiger partial charge in [-0.1, -0.05) is 108 Å². The normalized spacial score (nSPS) is 11.9. The minimum Gasteiger partial charge on any atom is -0.354 e. The average molecular weight is 673 g/mol. The molecule has 0 fully saturated rings. The molecule has 0 bridgehead atoms. The third-order valence-corrected chi connectivity index (χ3v) is 9.59. The van der Waals surface area contributed by atoms with Gasteiger partial charge in [0.2, 0.25) is 11.8 Å². The summed E-state index contributed by atoms with van der Waals surface area (Å²) in [5, 5.41) is 3.78. The van der Waals surface area contributed by atoms with Crippen LogP contribution in [0.1, 0.15) is 24.5 Å². The predicted molar refractivity (Wildman–Crippen MR) is 177 cm³/mol. The molecule has 0 heterocycles. The van der Waals surface area contributed by atoms with Crippen LogP contribution in [0.4, 0.5) is 5.69 Å². The van der Waals surface area contributed by atoms with Crippen LogP contribution in [0.15, 0.2) is 108 Å². The van der Waals surface area contributed by atoms with E-state index in [2.05, 4.69) is 5.32 Å². The summed E-state index contributed by atoms with van der Waals surface area (Å²) in [5.41, 5.74) is 1.50. The average Bonchev–Trinajstić information content (AvgIpc) is 3.02. The van der Waals surface area contributed by atoms with Gasteiger partial charge in [0.15, 0.2) is 0 Å². The topological polar surface area (TPSA) is 86.8 Å². The molecule has 0 spiro atoms. The van der Waals surface area contributed by atoms with Gasteiger partial charge in [0.05, 0.1) is 15.6 Å². The van der Waals surface area contributed by atoms with E-state index >= 15 is 0 Å². The molecule has 11 heteroatoms. The number of nitrogens with one attached hydrogen (secondary N) is 1. The summed E-state index contributed by atoms with van der Waals surface area (Å²) < 4.78 is 29.0. The Morgan fingerprint density at radius 3 is 2.09 bits per heavy atom. The van der Waals surface area contributed by atoms with Gasteiger partial charge in [0.25, 0.3) is 10.0 Å². The number of carbonyl (C=O) groups is 2. The molecule has 1 N–H and O–H groups in total. The van der Waals surface area contributed by atoms with E-state index in [0.717, 1.165) is 9.87 Å². The fraction of sp³-hybridized carbons (Fsp3) is 0.212. The first kappa shape index (κ1) is 33.3. The summed E-state index contributed by atoms with van der Waals surface area (Å²) in [4.78, 5) is 29.5. The lowest BCUT2D eigenvalue weighted by molar-refractivity contribution is -0.140. The zero-order valence-electron chi connectivity index (χ0n) is 24.0. The molecule has 4 aromatic carbocycles. The van der Waals surface area contributed by atoms with E-state index in [0.29, 0.717) is 28.6 Å². The number of anilines is 1. The van der Waals surface area contributed by atoms with Gasteiger partial charge >= 0.3 is 0 Å². The number of sulfonamides is 1. The Morgan fingerprint density at radius 1 is 0.818 bits per heavy atom. The van der Waals surface area contributed by atoms with Crippen molar-refractivity contribution in [2.24, 2.45) is 0 Å². The number of hydrogen-bond donors (Lipinski definition) is 1. The summed E-state index contributed by atoms with van der Waals surface area (Å²) in [7, 11) is -4.25. The highest BCUT2D eigenvalue weighted by molar-refractivity contribution is 7.92. The van der Waals surface area contributed by atoms with E-state index in [1.165, 1.54) is 23.1 Å². The van der Waals surface area contributed by atoms with E-state index in [-0.39, 0.29) is 34.5 Å². The molecule has 44 heavy (non-hydrogen) atoms. The molecule has 1 unspecified atom stereocenters. The van der Waals surface area contributed by atoms with Gasteiger partial charge in [-0.25, -0.2) is 8.42 Å². The van der Waals surface area contributed by atoms with Crippen molar-refractivity contribution >= 4 is 62.3 Å². The van der Waals surface area contributed by atoms with Crippen molar-refractivity contribution in [3.8, 4) is 0 Å². The first-order chi connectivity index (χ1) is 21.1. The van der Waals surface area contributed by atoms with E-state index in [9.17, 15) is 18.0 Å². The van der Waals surface area contributed by atoms with E-state index in [4.69, 9.17) is 34.8 Å². The maximum Gasteiger partial charge on any atom is 0.264 e. The van der Waals surface area contributed by atoms with Crippen LogP contribution in [0, 0.1) is 0 Å². The molecule has 4 aromatic rings. The number of halogens is 3. The summed E-state index contributed by atoms with van der Waals surface area (Å²) in [6.45, 7) is 1.63. The molecular formula is C33H32Cl3N3O4S. The summed E-state index contributed by atoms with van der Waals surface area (Å²) in [6, 6.07) is 27.4. The number of para-hydroxylation sites is 1. The van der Waals surface area contributed by atoms with Gasteiger partial charge in [-0.15, -0.1) is 0 Å². The van der Waals surface area contributed by atoms with Gasteiger partial charge in [0.1, 0.15) is 12.6 Å². The smallest absolute Gasteiger partial charge is 0.264 e. The highest BCUT2D eigenvalue weighted by Gasteiger charge is 2.35. The molecule has 7 nitrogen and oxygen atoms in total. The van der Waals surface area contributed by atoms with Crippen LogP contribution in [0.25, 0.3) is 0 Å². The number of hydrogen-bond acceptors (Lipinski definition) is 4. The van der Waals surface area contributed by atoms with Crippen molar-refractivity contribution in [1.29, 1.82) is 0 Å². The zero-order valence-corrected chi connectivity index (χ0v) is 27.1. The van der Waals surface area contributed by atoms with Crippen molar-refractivity contribution in [1.82, 2.24) is 10.2 Å². The van der Waals surface area contributed by atoms with Crippen LogP contribution in [-0.2, 0) is 32.6 Å². The third-order valence-electron chi connectivity index (χ3n) is 6.91. The second kappa shape index (κ2) is 15.4. The van der Waals surface area contributed by atoms with Crippen LogP contribution in [0.3, 0.4) is 0 Å². The lowest BCUT2D eigenvalue weighted by Gasteiger charge is -2.34. The second-order valence-corrected chi connectivity index (χ2v) is 13.1. The van der Waals surface area contributed by atoms with Gasteiger partial charge in [0, 0.05) is 29.6 Å². The van der Waals surface area contributed by atoms with Crippen molar-refractivity contribution in [3.63, 3.8) is 0 Å². The minimum absolute atomic E-state index is 0.0125. The Labute approximate surface area is 273 Å². The van der Waals surface area contributed by atoms with Crippen LogP contribution in [0.2, 0.25) is 15.1 Å². The number of carbonyl (C=O) groups excluding carboxylic acids is 2. The lowest BCUT2D eigenvalue weighted by atomic mass is 10.0. The van der Waals surface area contributed by atoms with E-state index in [1.54, 1.807) is 54.6 Å². The quantitative estimate of drug-likeness (QED) is 0.166. The fourth-order valence-corrected chi connectivity index (χ4v) is 6.85. The second-order valence-electron chi connectivity index (χ2n) is 10.0. The molecule has 0 aliphatic rings. The minimum atomic E-state index is -4.25. The molecule has 0 radical (unpaired) electrons. The maximum atomic E-state index is 14.4. The largest absolute Gasteiger partial charge is 0.354 e. The van der Waals surface area contributed by atoms with Crippen LogP contribution < -0.4 is 9.62 Å². The maximum absolute atomic E-state index is 14.4. The molecule has 0 aliphatic carbocycles. The van der Waals surface area contributed by atoms with Crippen LogP contribution in [0.5, 0.6) is 0 Å². The first-order valence-electron chi connectivity index (χ1n) is 14.0. The molecule has 1 atom stereocenters.